The molecule has 6 nitrogen and oxygen atoms in total. The van der Waals surface area contributed by atoms with E-state index in [1.807, 2.05) is 0 Å². The number of likely N-dealkylation sites (tertiary alicyclic amines) is 1. The fourth-order valence-corrected chi connectivity index (χ4v) is 2.06. The Morgan fingerprint density at radius 3 is 2.44 bits per heavy atom. The minimum atomic E-state index is -1.06. The van der Waals surface area contributed by atoms with Crippen molar-refractivity contribution in [1.82, 2.24) is 10.2 Å². The predicted molar refractivity (Wildman–Crippen MR) is 66.3 cm³/mol. The summed E-state index contributed by atoms with van der Waals surface area (Å²) in [5, 5.41) is 11.2. The van der Waals surface area contributed by atoms with E-state index in [9.17, 15) is 9.59 Å². The number of hydrogen-bond donors (Lipinski definition) is 2. The van der Waals surface area contributed by atoms with Crippen molar-refractivity contribution in [3.63, 3.8) is 0 Å². The van der Waals surface area contributed by atoms with Gasteiger partial charge in [0.05, 0.1) is 0 Å². The molecule has 0 saturated carbocycles. The Kier molecular flexibility index (Phi) is 6.07. The molecule has 1 rings (SSSR count). The Hall–Kier alpha value is -1.14. The third-order valence-electron chi connectivity index (χ3n) is 3.08. The molecule has 0 radical (unpaired) electrons. The molecule has 0 atom stereocenters. The number of aliphatic carboxylic acids is 1. The van der Waals surface area contributed by atoms with E-state index in [-0.39, 0.29) is 18.6 Å². The molecule has 0 bridgehead atoms. The van der Waals surface area contributed by atoms with Gasteiger partial charge in [0.1, 0.15) is 13.2 Å². The van der Waals surface area contributed by atoms with E-state index in [4.69, 9.17) is 9.84 Å². The first-order valence-electron chi connectivity index (χ1n) is 6.32. The third kappa shape index (κ3) is 5.46. The van der Waals surface area contributed by atoms with Crippen LogP contribution >= 0.6 is 0 Å². The van der Waals surface area contributed by atoms with Gasteiger partial charge in [0, 0.05) is 25.2 Å². The summed E-state index contributed by atoms with van der Waals surface area (Å²) < 4.78 is 4.74. The first-order chi connectivity index (χ1) is 8.49. The van der Waals surface area contributed by atoms with Crippen LogP contribution in [0.25, 0.3) is 0 Å². The first kappa shape index (κ1) is 14.9. The zero-order valence-electron chi connectivity index (χ0n) is 11.0. The summed E-state index contributed by atoms with van der Waals surface area (Å²) in [4.78, 5) is 24.1. The first-order valence-corrected chi connectivity index (χ1v) is 6.32. The molecule has 1 aliphatic heterocycles. The van der Waals surface area contributed by atoms with Crippen LogP contribution in [0.1, 0.15) is 26.7 Å². The average molecular weight is 258 g/mol. The van der Waals surface area contributed by atoms with Crippen LogP contribution in [-0.4, -0.2) is 60.3 Å². The van der Waals surface area contributed by atoms with Gasteiger partial charge in [-0.25, -0.2) is 4.79 Å². The van der Waals surface area contributed by atoms with Crippen LogP contribution in [-0.2, 0) is 14.3 Å². The Bertz CT molecular complexity index is 286. The van der Waals surface area contributed by atoms with Gasteiger partial charge < -0.3 is 20.1 Å². The van der Waals surface area contributed by atoms with Gasteiger partial charge in [0.15, 0.2) is 0 Å². The maximum absolute atomic E-state index is 11.5. The van der Waals surface area contributed by atoms with Gasteiger partial charge >= 0.3 is 5.97 Å². The standard InChI is InChI=1S/C12H22N2O4/c1-9(2)14-5-3-10(4-6-14)13-11(15)7-18-8-12(16)17/h9-10H,3-8H2,1-2H3,(H,13,15)(H,16,17). The number of amides is 1. The van der Waals surface area contributed by atoms with Crippen molar-refractivity contribution >= 4 is 11.9 Å². The minimum Gasteiger partial charge on any atom is -0.480 e. The van der Waals surface area contributed by atoms with Crippen LogP contribution in [0.3, 0.4) is 0 Å². The molecule has 0 aromatic heterocycles. The number of carboxylic acids is 1. The lowest BCUT2D eigenvalue weighted by atomic mass is 10.0. The Labute approximate surface area is 107 Å². The van der Waals surface area contributed by atoms with Crippen molar-refractivity contribution in [3.05, 3.63) is 0 Å². The number of ether oxygens (including phenoxy) is 1. The van der Waals surface area contributed by atoms with E-state index in [0.717, 1.165) is 25.9 Å². The van der Waals surface area contributed by atoms with Gasteiger partial charge in [-0.2, -0.15) is 0 Å². The maximum Gasteiger partial charge on any atom is 0.329 e. The fourth-order valence-electron chi connectivity index (χ4n) is 2.06. The number of nitrogens with zero attached hydrogens (tertiary/aromatic N) is 1. The highest BCUT2D eigenvalue weighted by Crippen LogP contribution is 2.12. The van der Waals surface area contributed by atoms with Gasteiger partial charge in [-0.05, 0) is 26.7 Å². The monoisotopic (exact) mass is 258 g/mol. The van der Waals surface area contributed by atoms with E-state index < -0.39 is 12.6 Å². The molecule has 2 N–H and O–H groups in total. The van der Waals surface area contributed by atoms with Gasteiger partial charge in [0.2, 0.25) is 5.91 Å². The lowest BCUT2D eigenvalue weighted by Gasteiger charge is -2.34. The predicted octanol–water partition coefficient (Wildman–Crippen LogP) is 0.0766. The zero-order chi connectivity index (χ0) is 13.5. The van der Waals surface area contributed by atoms with E-state index in [1.54, 1.807) is 0 Å². The summed E-state index contributed by atoms with van der Waals surface area (Å²) in [5.74, 6) is -1.30. The summed E-state index contributed by atoms with van der Waals surface area (Å²) in [6, 6.07) is 0.724. The molecule has 0 aliphatic carbocycles. The van der Waals surface area contributed by atoms with Crippen molar-refractivity contribution in [2.24, 2.45) is 0 Å². The maximum atomic E-state index is 11.5. The molecule has 1 saturated heterocycles. The molecule has 0 unspecified atom stereocenters. The quantitative estimate of drug-likeness (QED) is 0.705. The number of piperidine rings is 1. The number of carbonyl (C=O) groups excluding carboxylic acids is 1. The van der Waals surface area contributed by atoms with Crippen LogP contribution in [0, 0.1) is 0 Å². The van der Waals surface area contributed by atoms with E-state index in [0.29, 0.717) is 6.04 Å². The Balaban J connectivity index is 2.16. The molecule has 1 amide bonds. The lowest BCUT2D eigenvalue weighted by molar-refractivity contribution is -0.143. The zero-order valence-corrected chi connectivity index (χ0v) is 11.0. The molecular formula is C12H22N2O4. The second-order valence-corrected chi connectivity index (χ2v) is 4.86. The number of carbonyl (C=O) groups is 2. The second kappa shape index (κ2) is 7.33. The van der Waals surface area contributed by atoms with Gasteiger partial charge in [-0.15, -0.1) is 0 Å². The summed E-state index contributed by atoms with van der Waals surface area (Å²) >= 11 is 0. The van der Waals surface area contributed by atoms with Gasteiger partial charge in [-0.3, -0.25) is 4.79 Å². The molecule has 1 aliphatic rings. The van der Waals surface area contributed by atoms with Gasteiger partial charge in [0.25, 0.3) is 0 Å². The molecular weight excluding hydrogens is 236 g/mol. The van der Waals surface area contributed by atoms with E-state index in [1.165, 1.54) is 0 Å². The molecule has 104 valence electrons. The smallest absolute Gasteiger partial charge is 0.329 e. The van der Waals surface area contributed by atoms with Crippen molar-refractivity contribution in [3.8, 4) is 0 Å². The fraction of sp³-hybridized carbons (Fsp3) is 0.833. The van der Waals surface area contributed by atoms with Gasteiger partial charge in [-0.1, -0.05) is 0 Å². The molecule has 0 spiro atoms. The normalized spacial score (nSPS) is 17.9. The van der Waals surface area contributed by atoms with E-state index >= 15 is 0 Å². The largest absolute Gasteiger partial charge is 0.480 e. The van der Waals surface area contributed by atoms with Crippen molar-refractivity contribution in [2.75, 3.05) is 26.3 Å². The molecule has 1 heterocycles. The topological polar surface area (TPSA) is 78.9 Å². The molecule has 1 fully saturated rings. The Morgan fingerprint density at radius 2 is 1.94 bits per heavy atom. The summed E-state index contributed by atoms with van der Waals surface area (Å²) in [6.45, 7) is 5.68. The van der Waals surface area contributed by atoms with Crippen LogP contribution in [0.15, 0.2) is 0 Å². The van der Waals surface area contributed by atoms with Crippen molar-refractivity contribution in [1.29, 1.82) is 0 Å². The Morgan fingerprint density at radius 1 is 1.33 bits per heavy atom. The number of carboxylic acid groups (broad SMARTS) is 1. The number of nitrogens with one attached hydrogen (secondary N) is 1. The minimum absolute atomic E-state index is 0.181. The molecule has 0 aromatic carbocycles. The highest BCUT2D eigenvalue weighted by Gasteiger charge is 2.21. The lowest BCUT2D eigenvalue weighted by Crippen LogP contribution is -2.47. The average Bonchev–Trinajstić information content (AvgIpc) is 2.29. The molecule has 18 heavy (non-hydrogen) atoms. The summed E-state index contributed by atoms with van der Waals surface area (Å²) in [7, 11) is 0. The molecule has 6 heteroatoms. The van der Waals surface area contributed by atoms with Crippen LogP contribution in [0.5, 0.6) is 0 Å². The number of rotatable bonds is 6. The van der Waals surface area contributed by atoms with Crippen LogP contribution in [0.4, 0.5) is 0 Å². The summed E-state index contributed by atoms with van der Waals surface area (Å²) in [5.41, 5.74) is 0. The second-order valence-electron chi connectivity index (χ2n) is 4.86. The van der Waals surface area contributed by atoms with Crippen LogP contribution < -0.4 is 5.32 Å². The third-order valence-corrected chi connectivity index (χ3v) is 3.08. The number of hydrogen-bond acceptors (Lipinski definition) is 4. The van der Waals surface area contributed by atoms with E-state index in [2.05, 4.69) is 24.1 Å². The van der Waals surface area contributed by atoms with Crippen molar-refractivity contribution < 1.29 is 19.4 Å². The van der Waals surface area contributed by atoms with Crippen LogP contribution in [0.2, 0.25) is 0 Å². The van der Waals surface area contributed by atoms with Crippen molar-refractivity contribution in [2.45, 2.75) is 38.8 Å². The SMILES string of the molecule is CC(C)N1CCC(NC(=O)COCC(=O)O)CC1. The summed E-state index contributed by atoms with van der Waals surface area (Å²) in [6.07, 6.45) is 1.87. The highest BCUT2D eigenvalue weighted by molar-refractivity contribution is 5.78. The molecule has 0 aromatic rings. The highest BCUT2D eigenvalue weighted by atomic mass is 16.5.